The van der Waals surface area contributed by atoms with Crippen molar-refractivity contribution >= 4 is 29.2 Å². The Bertz CT molecular complexity index is 642. The molecule has 1 aromatic heterocycles. The van der Waals surface area contributed by atoms with Crippen molar-refractivity contribution in [1.29, 1.82) is 0 Å². The van der Waals surface area contributed by atoms with Gasteiger partial charge < -0.3 is 10.2 Å². The molecule has 8 heteroatoms. The fourth-order valence-electron chi connectivity index (χ4n) is 2.81. The molecular formula is C14H18N4O3S. The number of nitrogens with zero attached hydrogens (tertiary/aromatic N) is 2. The highest BCUT2D eigenvalue weighted by Crippen LogP contribution is 2.26. The lowest BCUT2D eigenvalue weighted by Gasteiger charge is -2.20. The summed E-state index contributed by atoms with van der Waals surface area (Å²) in [6, 6.07) is -0.493. The lowest BCUT2D eigenvalue weighted by atomic mass is 10.00. The van der Waals surface area contributed by atoms with Gasteiger partial charge in [-0.05, 0) is 12.3 Å². The van der Waals surface area contributed by atoms with Crippen LogP contribution >= 0.6 is 11.3 Å². The third-order valence-corrected chi connectivity index (χ3v) is 4.80. The fraction of sp³-hybridized carbons (Fsp3) is 0.571. The van der Waals surface area contributed by atoms with E-state index in [9.17, 15) is 14.4 Å². The molecule has 0 radical (unpaired) electrons. The largest absolute Gasteiger partial charge is 0.334 e. The molecule has 2 fully saturated rings. The summed E-state index contributed by atoms with van der Waals surface area (Å²) in [6.45, 7) is 4.84. The average molecular weight is 322 g/mol. The van der Waals surface area contributed by atoms with Crippen molar-refractivity contribution in [2.75, 3.05) is 13.1 Å². The Morgan fingerprint density at radius 1 is 1.50 bits per heavy atom. The van der Waals surface area contributed by atoms with Crippen LogP contribution in [-0.4, -0.2) is 46.4 Å². The molecule has 3 heterocycles. The molecule has 1 aromatic rings. The van der Waals surface area contributed by atoms with E-state index < -0.39 is 11.6 Å². The smallest absolute Gasteiger partial charge is 0.322 e. The molecule has 2 aliphatic heterocycles. The Morgan fingerprint density at radius 2 is 2.27 bits per heavy atom. The summed E-state index contributed by atoms with van der Waals surface area (Å²) in [6.07, 6.45) is 1.28. The standard InChI is InChI=1S/C14H18N4O3S/c1-8(2)5-10-15-9(6-22-10)11(19)18-4-3-14(7-18)12(20)16-13(21)17-14/h6,8H,3-5,7H2,1-2H3,(H2,16,17,20,21)/t14-/m1/s1. The first-order valence-corrected chi connectivity index (χ1v) is 8.15. The second-order valence-corrected chi connectivity index (χ2v) is 7.13. The molecule has 2 N–H and O–H groups in total. The lowest BCUT2D eigenvalue weighted by molar-refractivity contribution is -0.123. The van der Waals surface area contributed by atoms with E-state index in [1.54, 1.807) is 10.3 Å². The maximum absolute atomic E-state index is 12.5. The number of hydrogen-bond acceptors (Lipinski definition) is 5. The van der Waals surface area contributed by atoms with Crippen LogP contribution in [0.5, 0.6) is 0 Å². The molecule has 2 saturated heterocycles. The molecule has 1 spiro atoms. The molecule has 0 aromatic carbocycles. The van der Waals surface area contributed by atoms with E-state index in [0.29, 0.717) is 24.6 Å². The molecule has 0 unspecified atom stereocenters. The van der Waals surface area contributed by atoms with Gasteiger partial charge in [0.2, 0.25) is 0 Å². The van der Waals surface area contributed by atoms with Gasteiger partial charge in [0.1, 0.15) is 11.2 Å². The van der Waals surface area contributed by atoms with Gasteiger partial charge in [0, 0.05) is 18.3 Å². The second-order valence-electron chi connectivity index (χ2n) is 6.19. The maximum Gasteiger partial charge on any atom is 0.322 e. The van der Waals surface area contributed by atoms with E-state index in [1.165, 1.54) is 11.3 Å². The zero-order valence-corrected chi connectivity index (χ0v) is 13.3. The number of imide groups is 1. The number of urea groups is 1. The summed E-state index contributed by atoms with van der Waals surface area (Å²) >= 11 is 1.48. The number of nitrogens with one attached hydrogen (secondary N) is 2. The highest BCUT2D eigenvalue weighted by Gasteiger charge is 2.51. The Labute approximate surface area is 132 Å². The van der Waals surface area contributed by atoms with Crippen LogP contribution in [0.2, 0.25) is 0 Å². The molecule has 7 nitrogen and oxygen atoms in total. The predicted octanol–water partition coefficient (Wildman–Crippen LogP) is 0.766. The van der Waals surface area contributed by atoms with Crippen LogP contribution in [0.4, 0.5) is 4.79 Å². The normalized spacial score (nSPS) is 24.2. The van der Waals surface area contributed by atoms with Crippen LogP contribution in [0.3, 0.4) is 0 Å². The van der Waals surface area contributed by atoms with Gasteiger partial charge in [0.05, 0.1) is 11.6 Å². The zero-order valence-electron chi connectivity index (χ0n) is 12.5. The third-order valence-electron chi connectivity index (χ3n) is 3.92. The highest BCUT2D eigenvalue weighted by atomic mass is 32.1. The van der Waals surface area contributed by atoms with E-state index in [0.717, 1.165) is 11.4 Å². The summed E-state index contributed by atoms with van der Waals surface area (Å²) in [5.74, 6) is -0.0507. The summed E-state index contributed by atoms with van der Waals surface area (Å²) in [4.78, 5) is 41.7. The Morgan fingerprint density at radius 3 is 2.91 bits per heavy atom. The first-order chi connectivity index (χ1) is 10.4. The van der Waals surface area contributed by atoms with Gasteiger partial charge in [-0.25, -0.2) is 9.78 Å². The number of aromatic nitrogens is 1. The Balaban J connectivity index is 1.70. The van der Waals surface area contributed by atoms with Gasteiger partial charge in [-0.1, -0.05) is 13.8 Å². The predicted molar refractivity (Wildman–Crippen MR) is 80.6 cm³/mol. The Hall–Kier alpha value is -1.96. The van der Waals surface area contributed by atoms with Gasteiger partial charge in [-0.3, -0.25) is 14.9 Å². The van der Waals surface area contributed by atoms with Crippen molar-refractivity contribution in [3.63, 3.8) is 0 Å². The van der Waals surface area contributed by atoms with Crippen molar-refractivity contribution in [1.82, 2.24) is 20.5 Å². The molecule has 0 saturated carbocycles. The van der Waals surface area contributed by atoms with Crippen LogP contribution in [0.15, 0.2) is 5.38 Å². The molecule has 1 atom stereocenters. The van der Waals surface area contributed by atoms with Gasteiger partial charge in [-0.2, -0.15) is 0 Å². The lowest BCUT2D eigenvalue weighted by Crippen LogP contribution is -2.49. The van der Waals surface area contributed by atoms with Crippen LogP contribution in [-0.2, 0) is 11.2 Å². The van der Waals surface area contributed by atoms with Crippen molar-refractivity contribution in [2.24, 2.45) is 5.92 Å². The summed E-state index contributed by atoms with van der Waals surface area (Å²) in [5, 5.41) is 7.58. The van der Waals surface area contributed by atoms with Crippen LogP contribution in [0, 0.1) is 5.92 Å². The first-order valence-electron chi connectivity index (χ1n) is 7.27. The molecule has 4 amide bonds. The summed E-state index contributed by atoms with van der Waals surface area (Å²) in [5.41, 5.74) is -0.550. The van der Waals surface area contributed by atoms with Crippen LogP contribution in [0.25, 0.3) is 0 Å². The summed E-state index contributed by atoms with van der Waals surface area (Å²) < 4.78 is 0. The van der Waals surface area contributed by atoms with Gasteiger partial charge in [-0.15, -0.1) is 11.3 Å². The highest BCUT2D eigenvalue weighted by molar-refractivity contribution is 7.09. The number of hydrogen-bond donors (Lipinski definition) is 2. The van der Waals surface area contributed by atoms with E-state index in [-0.39, 0.29) is 18.4 Å². The maximum atomic E-state index is 12.5. The van der Waals surface area contributed by atoms with E-state index >= 15 is 0 Å². The minimum atomic E-state index is -0.969. The first kappa shape index (κ1) is 15.0. The zero-order chi connectivity index (χ0) is 15.9. The third kappa shape index (κ3) is 2.58. The fourth-order valence-corrected chi connectivity index (χ4v) is 3.79. The number of rotatable bonds is 3. The molecule has 2 aliphatic rings. The molecule has 3 rings (SSSR count). The molecule has 22 heavy (non-hydrogen) atoms. The summed E-state index contributed by atoms with van der Waals surface area (Å²) in [7, 11) is 0. The van der Waals surface area contributed by atoms with Crippen molar-refractivity contribution in [2.45, 2.75) is 32.2 Å². The number of carbonyl (C=O) groups is 3. The quantitative estimate of drug-likeness (QED) is 0.804. The number of thiazole rings is 1. The second kappa shape index (κ2) is 5.35. The average Bonchev–Trinajstić information content (AvgIpc) is 3.10. The number of amides is 4. The monoisotopic (exact) mass is 322 g/mol. The number of carbonyl (C=O) groups excluding carboxylic acids is 3. The van der Waals surface area contributed by atoms with Gasteiger partial charge in [0.25, 0.3) is 11.8 Å². The number of likely N-dealkylation sites (tertiary alicyclic amines) is 1. The van der Waals surface area contributed by atoms with E-state index in [2.05, 4.69) is 29.5 Å². The minimum Gasteiger partial charge on any atom is -0.334 e. The van der Waals surface area contributed by atoms with Crippen LogP contribution < -0.4 is 10.6 Å². The van der Waals surface area contributed by atoms with Crippen molar-refractivity contribution < 1.29 is 14.4 Å². The minimum absolute atomic E-state index is 0.183. The van der Waals surface area contributed by atoms with Gasteiger partial charge in [0.15, 0.2) is 0 Å². The SMILES string of the molecule is CC(C)Cc1nc(C(=O)N2CC[C@]3(C2)NC(=O)NC3=O)cs1. The Kier molecular flexibility index (Phi) is 3.64. The van der Waals surface area contributed by atoms with Gasteiger partial charge >= 0.3 is 6.03 Å². The molecule has 118 valence electrons. The van der Waals surface area contributed by atoms with E-state index in [4.69, 9.17) is 0 Å². The van der Waals surface area contributed by atoms with Crippen molar-refractivity contribution in [3.05, 3.63) is 16.1 Å². The molecule has 0 aliphatic carbocycles. The molecular weight excluding hydrogens is 304 g/mol. The molecule has 0 bridgehead atoms. The van der Waals surface area contributed by atoms with Crippen molar-refractivity contribution in [3.8, 4) is 0 Å². The topological polar surface area (TPSA) is 91.4 Å². The van der Waals surface area contributed by atoms with E-state index in [1.807, 2.05) is 0 Å². The van der Waals surface area contributed by atoms with Crippen LogP contribution in [0.1, 0.15) is 35.8 Å².